The molecule has 0 radical (unpaired) electrons. The number of methoxy groups -OCH3 is 1. The summed E-state index contributed by atoms with van der Waals surface area (Å²) in [7, 11) is -0.473. The summed E-state index contributed by atoms with van der Waals surface area (Å²) in [4.78, 5) is 4.49. The van der Waals surface area contributed by atoms with Gasteiger partial charge in [-0.2, -0.15) is 5.10 Å². The van der Waals surface area contributed by atoms with Crippen LogP contribution in [0.2, 0.25) is 0 Å². The van der Waals surface area contributed by atoms with E-state index in [1.165, 1.54) is 7.11 Å². The van der Waals surface area contributed by atoms with Crippen molar-refractivity contribution in [3.63, 3.8) is 0 Å². The summed E-state index contributed by atoms with van der Waals surface area (Å²) >= 11 is 0. The molecule has 3 rings (SSSR count). The minimum atomic E-state index is -3.74. The monoisotopic (exact) mass is 372 g/mol. The number of nitrogens with one attached hydrogen (secondary N) is 1. The number of aromatic nitrogens is 3. The second-order valence-electron chi connectivity index (χ2n) is 5.89. The lowest BCUT2D eigenvalue weighted by Crippen LogP contribution is -2.24. The number of pyridine rings is 1. The quantitative estimate of drug-likeness (QED) is 0.717. The van der Waals surface area contributed by atoms with Gasteiger partial charge in [0.25, 0.3) is 0 Å². The number of sulfonamides is 1. The number of hydrogen-bond donors (Lipinski definition) is 1. The van der Waals surface area contributed by atoms with Gasteiger partial charge in [-0.1, -0.05) is 12.1 Å². The molecule has 2 heterocycles. The second kappa shape index (κ2) is 7.27. The third kappa shape index (κ3) is 3.76. The first-order chi connectivity index (χ1) is 12.4. The van der Waals surface area contributed by atoms with E-state index in [4.69, 9.17) is 4.74 Å². The van der Waals surface area contributed by atoms with Crippen molar-refractivity contribution >= 4 is 10.0 Å². The highest BCUT2D eigenvalue weighted by atomic mass is 32.2. The Morgan fingerprint density at radius 2 is 2.08 bits per heavy atom. The van der Waals surface area contributed by atoms with Gasteiger partial charge in [-0.3, -0.25) is 9.67 Å². The maximum atomic E-state index is 12.8. The molecule has 0 aliphatic rings. The van der Waals surface area contributed by atoms with E-state index in [9.17, 15) is 8.42 Å². The Balaban J connectivity index is 1.89. The standard InChI is InChI=1S/C18H20N4O3S/c1-13-6-7-16(25-3)17(9-13)26(23,24)21-11-14-5-4-8-19-18(14)15-10-20-22(2)12-15/h4-10,12,21H,11H2,1-3H3. The zero-order valence-electron chi connectivity index (χ0n) is 14.8. The third-order valence-corrected chi connectivity index (χ3v) is 5.35. The lowest BCUT2D eigenvalue weighted by Gasteiger charge is -2.12. The van der Waals surface area contributed by atoms with Crippen LogP contribution in [0, 0.1) is 6.92 Å². The fourth-order valence-corrected chi connectivity index (χ4v) is 3.89. The molecule has 0 spiro atoms. The van der Waals surface area contributed by atoms with Crippen molar-refractivity contribution in [2.24, 2.45) is 7.05 Å². The van der Waals surface area contributed by atoms with Crippen LogP contribution in [-0.2, 0) is 23.6 Å². The SMILES string of the molecule is COc1ccc(C)cc1S(=O)(=O)NCc1cccnc1-c1cnn(C)c1. The average Bonchev–Trinajstić information content (AvgIpc) is 3.06. The van der Waals surface area contributed by atoms with Crippen molar-refractivity contribution in [3.8, 4) is 17.0 Å². The number of ether oxygens (including phenoxy) is 1. The molecule has 0 amide bonds. The summed E-state index contributed by atoms with van der Waals surface area (Å²) in [6.07, 6.45) is 5.21. The van der Waals surface area contributed by atoms with E-state index in [2.05, 4.69) is 14.8 Å². The summed E-state index contributed by atoms with van der Waals surface area (Å²) in [5, 5.41) is 4.14. The Labute approximate surface area is 152 Å². The predicted molar refractivity (Wildman–Crippen MR) is 98.2 cm³/mol. The van der Waals surface area contributed by atoms with Gasteiger partial charge in [-0.25, -0.2) is 13.1 Å². The molecule has 7 nitrogen and oxygen atoms in total. The van der Waals surface area contributed by atoms with Gasteiger partial charge in [0.2, 0.25) is 10.0 Å². The molecule has 2 aromatic heterocycles. The molecule has 136 valence electrons. The van der Waals surface area contributed by atoms with Crippen LogP contribution in [-0.4, -0.2) is 30.3 Å². The highest BCUT2D eigenvalue weighted by molar-refractivity contribution is 7.89. The molecule has 0 saturated heterocycles. The Morgan fingerprint density at radius 3 is 2.77 bits per heavy atom. The molecule has 3 aromatic rings. The van der Waals surface area contributed by atoms with Crippen molar-refractivity contribution in [2.45, 2.75) is 18.4 Å². The smallest absolute Gasteiger partial charge is 0.244 e. The topological polar surface area (TPSA) is 86.1 Å². The van der Waals surface area contributed by atoms with Gasteiger partial charge in [-0.15, -0.1) is 0 Å². The van der Waals surface area contributed by atoms with Crippen molar-refractivity contribution in [1.29, 1.82) is 0 Å². The van der Waals surface area contributed by atoms with E-state index in [0.717, 1.165) is 16.7 Å². The molecule has 0 bridgehead atoms. The average molecular weight is 372 g/mol. The first kappa shape index (κ1) is 18.1. The molecule has 0 unspecified atom stereocenters. The largest absolute Gasteiger partial charge is 0.495 e. The number of nitrogens with zero attached hydrogens (tertiary/aromatic N) is 3. The first-order valence-electron chi connectivity index (χ1n) is 7.98. The van der Waals surface area contributed by atoms with Gasteiger partial charge in [0.15, 0.2) is 0 Å². The van der Waals surface area contributed by atoms with Gasteiger partial charge in [0.05, 0.1) is 19.0 Å². The Hall–Kier alpha value is -2.71. The van der Waals surface area contributed by atoms with Crippen LogP contribution in [0.3, 0.4) is 0 Å². The van der Waals surface area contributed by atoms with E-state index >= 15 is 0 Å². The summed E-state index contributed by atoms with van der Waals surface area (Å²) in [6.45, 7) is 1.94. The van der Waals surface area contributed by atoms with Crippen molar-refractivity contribution < 1.29 is 13.2 Å². The van der Waals surface area contributed by atoms with Gasteiger partial charge in [-0.05, 0) is 36.2 Å². The zero-order chi connectivity index (χ0) is 18.7. The zero-order valence-corrected chi connectivity index (χ0v) is 15.6. The molecule has 26 heavy (non-hydrogen) atoms. The Kier molecular flexibility index (Phi) is 5.06. The highest BCUT2D eigenvalue weighted by Crippen LogP contribution is 2.25. The molecule has 0 atom stereocenters. The molecule has 8 heteroatoms. The maximum absolute atomic E-state index is 12.8. The number of aryl methyl sites for hydroxylation is 2. The van der Waals surface area contributed by atoms with Crippen LogP contribution in [0.1, 0.15) is 11.1 Å². The fraction of sp³-hybridized carbons (Fsp3) is 0.222. The molecule has 0 saturated carbocycles. The van der Waals surface area contributed by atoms with Crippen molar-refractivity contribution in [1.82, 2.24) is 19.5 Å². The van der Waals surface area contributed by atoms with Gasteiger partial charge >= 0.3 is 0 Å². The van der Waals surface area contributed by atoms with E-state index in [0.29, 0.717) is 11.4 Å². The van der Waals surface area contributed by atoms with Gasteiger partial charge in [0.1, 0.15) is 10.6 Å². The summed E-state index contributed by atoms with van der Waals surface area (Å²) in [5.41, 5.74) is 3.12. The van der Waals surface area contributed by atoms with E-state index in [1.807, 2.05) is 26.2 Å². The fourth-order valence-electron chi connectivity index (χ4n) is 2.63. The molecule has 0 fully saturated rings. The van der Waals surface area contributed by atoms with Crippen LogP contribution < -0.4 is 9.46 Å². The predicted octanol–water partition coefficient (Wildman–Crippen LogP) is 2.28. The number of benzene rings is 1. The Bertz CT molecular complexity index is 1030. The maximum Gasteiger partial charge on any atom is 0.244 e. The number of hydrogen-bond acceptors (Lipinski definition) is 5. The molecule has 0 aliphatic carbocycles. The second-order valence-corrected chi connectivity index (χ2v) is 7.63. The lowest BCUT2D eigenvalue weighted by molar-refractivity contribution is 0.402. The van der Waals surface area contributed by atoms with Gasteiger partial charge < -0.3 is 4.74 Å². The minimum absolute atomic E-state index is 0.109. The number of rotatable bonds is 6. The van der Waals surface area contributed by atoms with E-state index in [-0.39, 0.29) is 11.4 Å². The lowest BCUT2D eigenvalue weighted by atomic mass is 10.1. The first-order valence-corrected chi connectivity index (χ1v) is 9.46. The Morgan fingerprint density at radius 1 is 1.27 bits per heavy atom. The van der Waals surface area contributed by atoms with E-state index < -0.39 is 10.0 Å². The molecule has 0 aliphatic heterocycles. The third-order valence-electron chi connectivity index (χ3n) is 3.93. The molecule has 1 aromatic carbocycles. The molecular formula is C18H20N4O3S. The molecular weight excluding hydrogens is 352 g/mol. The summed E-state index contributed by atoms with van der Waals surface area (Å²) in [5.74, 6) is 0.307. The van der Waals surface area contributed by atoms with Crippen molar-refractivity contribution in [3.05, 3.63) is 60.0 Å². The van der Waals surface area contributed by atoms with Crippen LogP contribution in [0.25, 0.3) is 11.3 Å². The van der Waals surface area contributed by atoms with Crippen LogP contribution in [0.15, 0.2) is 53.8 Å². The normalized spacial score (nSPS) is 11.5. The highest BCUT2D eigenvalue weighted by Gasteiger charge is 2.20. The summed E-state index contributed by atoms with van der Waals surface area (Å²) < 4.78 is 35.0. The van der Waals surface area contributed by atoms with Crippen molar-refractivity contribution in [2.75, 3.05) is 7.11 Å². The molecule has 1 N–H and O–H groups in total. The van der Waals surface area contributed by atoms with Crippen LogP contribution in [0.4, 0.5) is 0 Å². The summed E-state index contributed by atoms with van der Waals surface area (Å²) in [6, 6.07) is 8.66. The van der Waals surface area contributed by atoms with Gasteiger partial charge in [0, 0.05) is 31.5 Å². The van der Waals surface area contributed by atoms with Crippen LogP contribution >= 0.6 is 0 Å². The minimum Gasteiger partial charge on any atom is -0.495 e. The van der Waals surface area contributed by atoms with E-state index in [1.54, 1.807) is 41.3 Å². The van der Waals surface area contributed by atoms with Crippen LogP contribution in [0.5, 0.6) is 5.75 Å².